The normalized spacial score (nSPS) is 13.0. The fourth-order valence-electron chi connectivity index (χ4n) is 5.33. The first-order chi connectivity index (χ1) is 22.5. The van der Waals surface area contributed by atoms with Gasteiger partial charge in [0, 0.05) is 35.8 Å². The third kappa shape index (κ3) is 9.96. The van der Waals surface area contributed by atoms with Gasteiger partial charge < -0.3 is 20.7 Å². The third-order valence-electron chi connectivity index (χ3n) is 9.13. The lowest BCUT2D eigenvalue weighted by Gasteiger charge is -2.41. The zero-order valence-electron chi connectivity index (χ0n) is 30.3. The first-order valence-corrected chi connectivity index (χ1v) is 17.6. The Morgan fingerprint density at radius 2 is 1.56 bits per heavy atom. The van der Waals surface area contributed by atoms with E-state index in [1.165, 1.54) is 25.7 Å². The first kappa shape index (κ1) is 38.8. The molecule has 3 rings (SSSR count). The minimum atomic E-state index is -0.880. The van der Waals surface area contributed by atoms with Gasteiger partial charge in [-0.05, 0) is 39.3 Å². The average molecular weight is 686 g/mol. The van der Waals surface area contributed by atoms with Crippen LogP contribution in [0.1, 0.15) is 132 Å². The van der Waals surface area contributed by atoms with E-state index in [2.05, 4.69) is 58.9 Å². The summed E-state index contributed by atoms with van der Waals surface area (Å²) in [4.78, 5) is 38.4. The van der Waals surface area contributed by atoms with E-state index in [4.69, 9.17) is 16.3 Å². The molecule has 4 N–H and O–H groups in total. The molecule has 0 aliphatic rings. The predicted molar refractivity (Wildman–Crippen MR) is 192 cm³/mol. The SMILES string of the molecule is CCCCCCCCCC(=O)NCCC(=O)Nc1ccccc1OC(C)C(=O)NC(C)(C)C(C)(C)c1nnc2c(Cl)c(C(C)(C)C)[nH]n12. The number of fused-ring (bicyclic) bond motifs is 1. The van der Waals surface area contributed by atoms with Crippen LogP contribution >= 0.6 is 11.6 Å². The summed E-state index contributed by atoms with van der Waals surface area (Å²) in [7, 11) is 0. The molecule has 266 valence electrons. The largest absolute Gasteiger partial charge is 0.479 e. The number of carbonyl (C=O) groups excluding carboxylic acids is 3. The lowest BCUT2D eigenvalue weighted by molar-refractivity contribution is -0.129. The Bertz CT molecular complexity index is 1540. The Kier molecular flexibility index (Phi) is 13.5. The monoisotopic (exact) mass is 685 g/mol. The van der Waals surface area contributed by atoms with Gasteiger partial charge in [-0.1, -0.05) is 104 Å². The van der Waals surface area contributed by atoms with Crippen molar-refractivity contribution < 1.29 is 19.1 Å². The van der Waals surface area contributed by atoms with Gasteiger partial charge in [0.25, 0.3) is 5.91 Å². The van der Waals surface area contributed by atoms with E-state index >= 15 is 0 Å². The molecule has 0 saturated heterocycles. The van der Waals surface area contributed by atoms with Crippen LogP contribution in [0.4, 0.5) is 5.69 Å². The smallest absolute Gasteiger partial charge is 0.261 e. The minimum absolute atomic E-state index is 0.0363. The molecule has 0 aliphatic carbocycles. The number of aromatic nitrogens is 4. The number of rotatable bonds is 18. The Labute approximate surface area is 290 Å². The van der Waals surface area contributed by atoms with Crippen LogP contribution in [0.5, 0.6) is 5.75 Å². The van der Waals surface area contributed by atoms with E-state index in [9.17, 15) is 14.4 Å². The van der Waals surface area contributed by atoms with Crippen molar-refractivity contribution in [2.24, 2.45) is 0 Å². The number of halogens is 1. The van der Waals surface area contributed by atoms with Crippen molar-refractivity contribution in [3.63, 3.8) is 0 Å². The van der Waals surface area contributed by atoms with Crippen molar-refractivity contribution in [2.45, 2.75) is 143 Å². The zero-order chi connectivity index (χ0) is 35.7. The summed E-state index contributed by atoms with van der Waals surface area (Å²) < 4.78 is 7.85. The second-order valence-electron chi connectivity index (χ2n) is 14.7. The maximum Gasteiger partial charge on any atom is 0.261 e. The van der Waals surface area contributed by atoms with Crippen molar-refractivity contribution in [2.75, 3.05) is 11.9 Å². The zero-order valence-corrected chi connectivity index (χ0v) is 31.1. The number of amides is 3. The maximum atomic E-state index is 13.5. The van der Waals surface area contributed by atoms with E-state index in [0.717, 1.165) is 25.0 Å². The van der Waals surface area contributed by atoms with E-state index in [0.29, 0.717) is 34.4 Å². The molecule has 1 unspecified atom stereocenters. The van der Waals surface area contributed by atoms with Gasteiger partial charge in [-0.25, -0.2) is 4.52 Å². The fourth-order valence-corrected chi connectivity index (χ4v) is 5.78. The molecule has 0 bridgehead atoms. The summed E-state index contributed by atoms with van der Waals surface area (Å²) in [5, 5.41) is 21.5. The second-order valence-corrected chi connectivity index (χ2v) is 15.1. The van der Waals surface area contributed by atoms with Gasteiger partial charge in [0.05, 0.1) is 11.4 Å². The lowest BCUT2D eigenvalue weighted by Crippen LogP contribution is -2.58. The summed E-state index contributed by atoms with van der Waals surface area (Å²) in [6.07, 6.45) is 7.75. The number of ether oxygens (including phenoxy) is 1. The molecule has 0 spiro atoms. The molecule has 1 aromatic carbocycles. The Hall–Kier alpha value is -3.60. The number of aromatic amines is 1. The maximum absolute atomic E-state index is 13.5. The molecule has 12 heteroatoms. The number of anilines is 1. The number of nitrogens with zero attached hydrogens (tertiary/aromatic N) is 3. The summed E-state index contributed by atoms with van der Waals surface area (Å²) >= 11 is 6.66. The molecule has 0 fully saturated rings. The molecule has 0 radical (unpaired) electrons. The average Bonchev–Trinajstić information content (AvgIpc) is 3.57. The summed E-state index contributed by atoms with van der Waals surface area (Å²) in [6, 6.07) is 6.97. The highest BCUT2D eigenvalue weighted by Crippen LogP contribution is 2.37. The van der Waals surface area contributed by atoms with Crippen molar-refractivity contribution in [3.05, 3.63) is 40.8 Å². The molecule has 0 saturated carbocycles. The van der Waals surface area contributed by atoms with Crippen LogP contribution < -0.4 is 20.7 Å². The molecule has 11 nitrogen and oxygen atoms in total. The quantitative estimate of drug-likeness (QED) is 0.104. The third-order valence-corrected chi connectivity index (χ3v) is 9.48. The highest BCUT2D eigenvalue weighted by molar-refractivity contribution is 6.34. The van der Waals surface area contributed by atoms with Crippen LogP contribution in [-0.4, -0.2) is 55.7 Å². The van der Waals surface area contributed by atoms with Crippen molar-refractivity contribution in [1.82, 2.24) is 30.4 Å². The number of hydrogen-bond acceptors (Lipinski definition) is 6. The highest BCUT2D eigenvalue weighted by atomic mass is 35.5. The number of H-pyrrole nitrogens is 1. The number of para-hydroxylation sites is 2. The van der Waals surface area contributed by atoms with Crippen molar-refractivity contribution in [3.8, 4) is 5.75 Å². The van der Waals surface area contributed by atoms with Gasteiger partial charge in [-0.3, -0.25) is 19.5 Å². The molecular formula is C36H56ClN7O4. The number of unbranched alkanes of at least 4 members (excludes halogenated alkanes) is 6. The number of benzene rings is 1. The van der Waals surface area contributed by atoms with Crippen LogP contribution in [-0.2, 0) is 25.2 Å². The van der Waals surface area contributed by atoms with Crippen molar-refractivity contribution in [1.29, 1.82) is 0 Å². The van der Waals surface area contributed by atoms with Crippen molar-refractivity contribution >= 4 is 40.7 Å². The lowest BCUT2D eigenvalue weighted by atomic mass is 9.73. The standard InChI is InChI=1S/C36H56ClN7O4/c1-10-11-12-13-14-15-16-21-27(45)38-23-22-28(46)39-25-19-17-18-20-26(25)48-24(2)32(47)40-36(8,9)35(6,7)33-42-41-31-29(37)30(34(3,4)5)43-44(31)33/h17-20,24,43H,10-16,21-23H2,1-9H3,(H,38,45)(H,39,46)(H,40,47). The van der Waals surface area contributed by atoms with Gasteiger partial charge in [0.1, 0.15) is 10.8 Å². The second kappa shape index (κ2) is 16.7. The molecule has 1 atom stereocenters. The Balaban J connectivity index is 1.55. The molecule has 0 aliphatic heterocycles. The minimum Gasteiger partial charge on any atom is -0.479 e. The van der Waals surface area contributed by atoms with Crippen LogP contribution in [0, 0.1) is 0 Å². The molecule has 2 heterocycles. The predicted octanol–water partition coefficient (Wildman–Crippen LogP) is 7.23. The van der Waals surface area contributed by atoms with Crippen LogP contribution in [0.3, 0.4) is 0 Å². The molecular weight excluding hydrogens is 630 g/mol. The van der Waals surface area contributed by atoms with Gasteiger partial charge in [-0.2, -0.15) is 0 Å². The number of carbonyl (C=O) groups is 3. The molecule has 2 aromatic heterocycles. The van der Waals surface area contributed by atoms with E-state index in [1.807, 2.05) is 27.7 Å². The number of hydrogen-bond donors (Lipinski definition) is 4. The topological polar surface area (TPSA) is 143 Å². The van der Waals surface area contributed by atoms with E-state index < -0.39 is 17.1 Å². The Morgan fingerprint density at radius 1 is 0.917 bits per heavy atom. The van der Waals surface area contributed by atoms with Crippen LogP contribution in [0.2, 0.25) is 5.02 Å². The summed E-state index contributed by atoms with van der Waals surface area (Å²) in [6.45, 7) is 18.1. The summed E-state index contributed by atoms with van der Waals surface area (Å²) in [5.41, 5.74) is 0.115. The Morgan fingerprint density at radius 3 is 2.23 bits per heavy atom. The van der Waals surface area contributed by atoms with Gasteiger partial charge >= 0.3 is 0 Å². The fraction of sp³-hybridized carbons (Fsp3) is 0.639. The van der Waals surface area contributed by atoms with Crippen LogP contribution in [0.15, 0.2) is 24.3 Å². The van der Waals surface area contributed by atoms with Gasteiger partial charge in [-0.15, -0.1) is 10.2 Å². The number of nitrogens with one attached hydrogen (secondary N) is 4. The van der Waals surface area contributed by atoms with Gasteiger partial charge in [0.15, 0.2) is 17.6 Å². The van der Waals surface area contributed by atoms with Crippen LogP contribution in [0.25, 0.3) is 5.65 Å². The van der Waals surface area contributed by atoms with E-state index in [-0.39, 0.29) is 36.1 Å². The molecule has 3 aromatic rings. The molecule has 3 amide bonds. The highest BCUT2D eigenvalue weighted by Gasteiger charge is 2.44. The molecule has 48 heavy (non-hydrogen) atoms. The first-order valence-electron chi connectivity index (χ1n) is 17.3. The summed E-state index contributed by atoms with van der Waals surface area (Å²) in [5.74, 6) is 0.351. The van der Waals surface area contributed by atoms with Gasteiger partial charge in [0.2, 0.25) is 11.8 Å². The van der Waals surface area contributed by atoms with E-state index in [1.54, 1.807) is 35.7 Å².